The van der Waals surface area contributed by atoms with Crippen molar-refractivity contribution in [2.24, 2.45) is 0 Å². The molecule has 0 radical (unpaired) electrons. The Labute approximate surface area is 214 Å². The zero-order valence-electron chi connectivity index (χ0n) is 22.4. The van der Waals surface area contributed by atoms with E-state index in [1.807, 2.05) is 6.92 Å². The maximum Gasteiger partial charge on any atom is 0.408 e. The van der Waals surface area contributed by atoms with E-state index in [0.717, 1.165) is 25.7 Å². The lowest BCUT2D eigenvalue weighted by atomic mass is 9.80. The third-order valence-electron chi connectivity index (χ3n) is 5.71. The van der Waals surface area contributed by atoms with Gasteiger partial charge in [-0.25, -0.2) is 4.79 Å². The minimum absolute atomic E-state index is 0.0680. The number of carbonyl (C=O) groups excluding carboxylic acids is 3. The quantitative estimate of drug-likeness (QED) is 0.172. The number of benzene rings is 1. The number of carboxylic acids is 1. The van der Waals surface area contributed by atoms with Gasteiger partial charge in [-0.05, 0) is 57.7 Å². The fourth-order valence-corrected chi connectivity index (χ4v) is 3.99. The zero-order chi connectivity index (χ0) is 27.4. The predicted molar refractivity (Wildman–Crippen MR) is 138 cm³/mol. The summed E-state index contributed by atoms with van der Waals surface area (Å²) in [6.45, 7) is 11.0. The molecule has 0 spiro atoms. The van der Waals surface area contributed by atoms with Crippen molar-refractivity contribution in [3.8, 4) is 0 Å². The third kappa shape index (κ3) is 10.3. The Balaban J connectivity index is 3.23. The molecule has 2 atom stereocenters. The van der Waals surface area contributed by atoms with E-state index in [1.54, 1.807) is 52.0 Å². The van der Waals surface area contributed by atoms with E-state index in [9.17, 15) is 19.2 Å². The monoisotopic (exact) mass is 506 g/mol. The number of nitrogens with one attached hydrogen (secondary N) is 2. The number of rotatable bonds is 14. The second-order valence-electron chi connectivity index (χ2n) is 9.85. The van der Waals surface area contributed by atoms with Crippen LogP contribution in [0.5, 0.6) is 0 Å². The first-order chi connectivity index (χ1) is 16.9. The lowest BCUT2D eigenvalue weighted by molar-refractivity contribution is -0.159. The first-order valence-electron chi connectivity index (χ1n) is 12.7. The van der Waals surface area contributed by atoms with E-state index in [0.29, 0.717) is 30.5 Å². The highest BCUT2D eigenvalue weighted by Crippen LogP contribution is 2.34. The van der Waals surface area contributed by atoms with E-state index in [2.05, 4.69) is 17.6 Å². The molecule has 0 fully saturated rings. The summed E-state index contributed by atoms with van der Waals surface area (Å²) in [4.78, 5) is 48.3. The fourth-order valence-electron chi connectivity index (χ4n) is 3.99. The number of aliphatic carboxylic acids is 1. The average Bonchev–Trinajstić information content (AvgIpc) is 2.78. The predicted octanol–water partition coefficient (Wildman–Crippen LogP) is 5.52. The van der Waals surface area contributed by atoms with Crippen LogP contribution in [0.3, 0.4) is 0 Å². The summed E-state index contributed by atoms with van der Waals surface area (Å²) in [5.74, 6) is -2.27. The van der Waals surface area contributed by atoms with Gasteiger partial charge in [-0.3, -0.25) is 14.4 Å². The van der Waals surface area contributed by atoms with Crippen molar-refractivity contribution in [3.05, 3.63) is 29.8 Å². The number of carboxylic acid groups (broad SMARTS) is 1. The van der Waals surface area contributed by atoms with Crippen molar-refractivity contribution >= 4 is 29.6 Å². The van der Waals surface area contributed by atoms with Gasteiger partial charge in [-0.2, -0.15) is 0 Å². The van der Waals surface area contributed by atoms with Gasteiger partial charge in [0.2, 0.25) is 5.91 Å². The van der Waals surface area contributed by atoms with Crippen LogP contribution >= 0.6 is 0 Å². The second-order valence-corrected chi connectivity index (χ2v) is 9.85. The topological polar surface area (TPSA) is 131 Å². The molecule has 0 saturated heterocycles. The highest BCUT2D eigenvalue weighted by Gasteiger charge is 2.43. The molecule has 0 saturated carbocycles. The van der Waals surface area contributed by atoms with E-state index in [1.165, 1.54) is 0 Å². The van der Waals surface area contributed by atoms with Gasteiger partial charge in [0.25, 0.3) is 0 Å². The van der Waals surface area contributed by atoms with Crippen LogP contribution in [0.4, 0.5) is 10.5 Å². The Morgan fingerprint density at radius 1 is 0.972 bits per heavy atom. The normalized spacial score (nSPS) is 13.7. The van der Waals surface area contributed by atoms with Crippen LogP contribution in [0.1, 0.15) is 98.5 Å². The van der Waals surface area contributed by atoms with E-state index < -0.39 is 41.7 Å². The smallest absolute Gasteiger partial charge is 0.408 e. The lowest BCUT2D eigenvalue weighted by Gasteiger charge is -2.40. The minimum Gasteiger partial charge on any atom is -0.481 e. The van der Waals surface area contributed by atoms with Gasteiger partial charge in [-0.15, -0.1) is 0 Å². The maximum atomic E-state index is 12.8. The molecule has 9 nitrogen and oxygen atoms in total. The highest BCUT2D eigenvalue weighted by molar-refractivity contribution is 5.91. The largest absolute Gasteiger partial charge is 0.481 e. The molecule has 36 heavy (non-hydrogen) atoms. The Kier molecular flexibility index (Phi) is 12.4. The summed E-state index contributed by atoms with van der Waals surface area (Å²) < 4.78 is 11.0. The molecule has 1 aromatic rings. The highest BCUT2D eigenvalue weighted by atomic mass is 16.6. The number of unbranched alkanes of at least 4 members (excludes halogenated alkanes) is 3. The number of carbonyl (C=O) groups is 4. The standard InChI is InChI=1S/C27H42N2O7/c1-7-10-11-12-13-22(30)28-20-16-14-19(15-17-20)27(9-3,29-25(34)36-26(4,5)6)21(8-2)35-24(33)18-23(31)32/h14-17,21H,7-13,18H2,1-6H3,(H,28,30)(H,29,34)(H,31,32). The molecule has 2 amide bonds. The van der Waals surface area contributed by atoms with Crippen molar-refractivity contribution in [3.63, 3.8) is 0 Å². The van der Waals surface area contributed by atoms with Gasteiger partial charge in [0, 0.05) is 12.1 Å². The van der Waals surface area contributed by atoms with Crippen LogP contribution in [0.15, 0.2) is 24.3 Å². The van der Waals surface area contributed by atoms with Gasteiger partial charge >= 0.3 is 18.0 Å². The summed E-state index contributed by atoms with van der Waals surface area (Å²) in [6, 6.07) is 6.96. The maximum absolute atomic E-state index is 12.8. The summed E-state index contributed by atoms with van der Waals surface area (Å²) >= 11 is 0. The Bertz CT molecular complexity index is 877. The SMILES string of the molecule is CCCCCCC(=O)Nc1ccc(C(CC)(NC(=O)OC(C)(C)C)C(CC)OC(=O)CC(=O)O)cc1. The first kappa shape index (κ1) is 30.9. The minimum atomic E-state index is -1.30. The third-order valence-corrected chi connectivity index (χ3v) is 5.71. The molecule has 0 bridgehead atoms. The van der Waals surface area contributed by atoms with Crippen LogP contribution in [0.2, 0.25) is 0 Å². The molecule has 2 unspecified atom stereocenters. The lowest BCUT2D eigenvalue weighted by Crippen LogP contribution is -2.56. The van der Waals surface area contributed by atoms with Crippen LogP contribution in [-0.2, 0) is 29.4 Å². The molecule has 3 N–H and O–H groups in total. The number of anilines is 1. The van der Waals surface area contributed by atoms with E-state index in [4.69, 9.17) is 14.6 Å². The number of amides is 2. The van der Waals surface area contributed by atoms with Crippen molar-refractivity contribution in [1.82, 2.24) is 5.32 Å². The second kappa shape index (κ2) is 14.5. The summed E-state index contributed by atoms with van der Waals surface area (Å²) in [7, 11) is 0. The molecule has 0 heterocycles. The van der Waals surface area contributed by atoms with Crippen molar-refractivity contribution < 1.29 is 33.8 Å². The van der Waals surface area contributed by atoms with Gasteiger partial charge < -0.3 is 25.2 Å². The molecule has 1 rings (SSSR count). The molecule has 0 aromatic heterocycles. The molecule has 9 heteroatoms. The number of esters is 1. The molecule has 0 aliphatic carbocycles. The molecular formula is C27H42N2O7. The zero-order valence-corrected chi connectivity index (χ0v) is 22.4. The van der Waals surface area contributed by atoms with Gasteiger partial charge in [0.1, 0.15) is 23.7 Å². The van der Waals surface area contributed by atoms with Gasteiger partial charge in [-0.1, -0.05) is 52.2 Å². The van der Waals surface area contributed by atoms with Crippen LogP contribution in [0.25, 0.3) is 0 Å². The fraction of sp³-hybridized carbons (Fsp3) is 0.630. The Morgan fingerprint density at radius 3 is 2.11 bits per heavy atom. The van der Waals surface area contributed by atoms with Crippen molar-refractivity contribution in [2.75, 3.05) is 5.32 Å². The van der Waals surface area contributed by atoms with Crippen LogP contribution in [-0.4, -0.2) is 40.8 Å². The molecule has 202 valence electrons. The number of alkyl carbamates (subject to hydrolysis) is 1. The Hall–Kier alpha value is -3.10. The number of ether oxygens (including phenoxy) is 2. The van der Waals surface area contributed by atoms with E-state index >= 15 is 0 Å². The Morgan fingerprint density at radius 2 is 1.61 bits per heavy atom. The first-order valence-corrected chi connectivity index (χ1v) is 12.7. The summed E-state index contributed by atoms with van der Waals surface area (Å²) in [5.41, 5.74) is -0.700. The molecule has 0 aliphatic rings. The number of hydrogen-bond acceptors (Lipinski definition) is 6. The van der Waals surface area contributed by atoms with Gasteiger partial charge in [0.05, 0.1) is 0 Å². The summed E-state index contributed by atoms with van der Waals surface area (Å²) in [6.07, 6.45) is 2.78. The summed E-state index contributed by atoms with van der Waals surface area (Å²) in [5, 5.41) is 14.8. The number of hydrogen-bond donors (Lipinski definition) is 3. The molecule has 0 aliphatic heterocycles. The molecule has 1 aromatic carbocycles. The van der Waals surface area contributed by atoms with Crippen molar-refractivity contribution in [1.29, 1.82) is 0 Å². The van der Waals surface area contributed by atoms with Crippen molar-refractivity contribution in [2.45, 2.75) is 110 Å². The van der Waals surface area contributed by atoms with E-state index in [-0.39, 0.29) is 5.91 Å². The molecular weight excluding hydrogens is 464 g/mol. The van der Waals surface area contributed by atoms with Crippen LogP contribution in [0, 0.1) is 0 Å². The van der Waals surface area contributed by atoms with Crippen LogP contribution < -0.4 is 10.6 Å². The average molecular weight is 507 g/mol. The van der Waals surface area contributed by atoms with Gasteiger partial charge in [0.15, 0.2) is 0 Å².